The molecule has 0 aliphatic carbocycles. The van der Waals surface area contributed by atoms with E-state index in [1.807, 2.05) is 0 Å². The normalized spacial score (nSPS) is 14.4. The summed E-state index contributed by atoms with van der Waals surface area (Å²) in [4.78, 5) is 0. The largest absolute Gasteiger partial charge is 0.312 e. The van der Waals surface area contributed by atoms with Crippen molar-refractivity contribution in [3.8, 4) is 0 Å². The summed E-state index contributed by atoms with van der Waals surface area (Å²) in [6, 6.07) is 0. The Morgan fingerprint density at radius 3 is 2.25 bits per heavy atom. The summed E-state index contributed by atoms with van der Waals surface area (Å²) in [6.45, 7) is 14.8. The van der Waals surface area contributed by atoms with Crippen LogP contribution in [0.15, 0.2) is 0 Å². The lowest BCUT2D eigenvalue weighted by atomic mass is 9.90. The molecule has 0 fully saturated rings. The smallest absolute Gasteiger partial charge is 0.00966 e. The van der Waals surface area contributed by atoms with Crippen molar-refractivity contribution < 1.29 is 0 Å². The number of rotatable bonds is 8. The van der Waals surface area contributed by atoms with Gasteiger partial charge in [0, 0.05) is 5.54 Å². The van der Waals surface area contributed by atoms with E-state index in [0.717, 1.165) is 18.4 Å². The Bertz CT molecular complexity index is 161. The fourth-order valence-corrected chi connectivity index (χ4v) is 2.36. The molecule has 0 radical (unpaired) electrons. The zero-order chi connectivity index (χ0) is 12.6. The topological polar surface area (TPSA) is 12.0 Å². The highest BCUT2D eigenvalue weighted by molar-refractivity contribution is 7.99. The second-order valence-corrected chi connectivity index (χ2v) is 7.37. The van der Waals surface area contributed by atoms with Gasteiger partial charge < -0.3 is 5.32 Å². The van der Waals surface area contributed by atoms with Crippen LogP contribution in [-0.4, -0.2) is 23.6 Å². The van der Waals surface area contributed by atoms with Crippen LogP contribution >= 0.6 is 11.8 Å². The quantitative estimate of drug-likeness (QED) is 0.644. The summed E-state index contributed by atoms with van der Waals surface area (Å²) in [5.74, 6) is 4.21. The standard InChI is InChI=1S/C14H31NS/c1-7-16-10-8-9-13(12(2)3)11-15-14(4,5)6/h12-13,15H,7-11H2,1-6H3. The van der Waals surface area contributed by atoms with Crippen LogP contribution < -0.4 is 5.32 Å². The van der Waals surface area contributed by atoms with Crippen LogP contribution in [-0.2, 0) is 0 Å². The molecule has 1 nitrogen and oxygen atoms in total. The maximum absolute atomic E-state index is 3.64. The minimum atomic E-state index is 0.255. The molecule has 0 rings (SSSR count). The molecule has 0 bridgehead atoms. The second-order valence-electron chi connectivity index (χ2n) is 5.97. The Balaban J connectivity index is 3.80. The molecule has 0 spiro atoms. The van der Waals surface area contributed by atoms with E-state index in [9.17, 15) is 0 Å². The zero-order valence-electron chi connectivity index (χ0n) is 12.1. The van der Waals surface area contributed by atoms with Crippen LogP contribution in [0.3, 0.4) is 0 Å². The Labute approximate surface area is 107 Å². The molecule has 0 amide bonds. The van der Waals surface area contributed by atoms with Crippen molar-refractivity contribution >= 4 is 11.8 Å². The molecule has 1 atom stereocenters. The van der Waals surface area contributed by atoms with Gasteiger partial charge in [-0.2, -0.15) is 11.8 Å². The molecule has 0 heterocycles. The van der Waals surface area contributed by atoms with Crippen molar-refractivity contribution in [2.75, 3.05) is 18.1 Å². The van der Waals surface area contributed by atoms with Gasteiger partial charge in [-0.25, -0.2) is 0 Å². The van der Waals surface area contributed by atoms with Gasteiger partial charge in [-0.05, 0) is 63.5 Å². The minimum absolute atomic E-state index is 0.255. The molecule has 1 N–H and O–H groups in total. The molecule has 0 aromatic rings. The third-order valence-electron chi connectivity index (χ3n) is 2.91. The maximum atomic E-state index is 3.64. The first-order valence-electron chi connectivity index (χ1n) is 6.69. The number of nitrogens with one attached hydrogen (secondary N) is 1. The minimum Gasteiger partial charge on any atom is -0.312 e. The first kappa shape index (κ1) is 16.3. The van der Waals surface area contributed by atoms with Gasteiger partial charge in [0.25, 0.3) is 0 Å². The van der Waals surface area contributed by atoms with E-state index in [1.165, 1.54) is 24.3 Å². The lowest BCUT2D eigenvalue weighted by Crippen LogP contribution is -2.40. The van der Waals surface area contributed by atoms with E-state index in [4.69, 9.17) is 0 Å². The Hall–Kier alpha value is 0.310. The molecule has 16 heavy (non-hydrogen) atoms. The number of hydrogen-bond acceptors (Lipinski definition) is 2. The molecule has 0 aliphatic heterocycles. The highest BCUT2D eigenvalue weighted by Gasteiger charge is 2.16. The summed E-state index contributed by atoms with van der Waals surface area (Å²) in [5, 5.41) is 3.64. The van der Waals surface area contributed by atoms with Crippen molar-refractivity contribution in [3.63, 3.8) is 0 Å². The summed E-state index contributed by atoms with van der Waals surface area (Å²) < 4.78 is 0. The Kier molecular flexibility index (Phi) is 8.57. The molecule has 0 aromatic carbocycles. The van der Waals surface area contributed by atoms with Crippen LogP contribution in [0.25, 0.3) is 0 Å². The van der Waals surface area contributed by atoms with Crippen LogP contribution in [0, 0.1) is 11.8 Å². The SMILES string of the molecule is CCSCCCC(CNC(C)(C)C)C(C)C. The molecule has 0 saturated carbocycles. The van der Waals surface area contributed by atoms with Crippen LogP contribution in [0.1, 0.15) is 54.4 Å². The monoisotopic (exact) mass is 245 g/mol. The van der Waals surface area contributed by atoms with Crippen molar-refractivity contribution in [2.24, 2.45) is 11.8 Å². The van der Waals surface area contributed by atoms with Gasteiger partial charge in [0.05, 0.1) is 0 Å². The van der Waals surface area contributed by atoms with E-state index in [0.29, 0.717) is 0 Å². The average molecular weight is 245 g/mol. The molecule has 0 aliphatic rings. The zero-order valence-corrected chi connectivity index (χ0v) is 12.9. The molecule has 1 unspecified atom stereocenters. The molecule has 2 heteroatoms. The summed E-state index contributed by atoms with van der Waals surface area (Å²) in [7, 11) is 0. The van der Waals surface area contributed by atoms with E-state index < -0.39 is 0 Å². The van der Waals surface area contributed by atoms with Crippen molar-refractivity contribution in [3.05, 3.63) is 0 Å². The average Bonchev–Trinajstić information content (AvgIpc) is 2.14. The van der Waals surface area contributed by atoms with Crippen molar-refractivity contribution in [2.45, 2.75) is 59.9 Å². The molecule has 0 saturated heterocycles. The maximum Gasteiger partial charge on any atom is 0.00966 e. The lowest BCUT2D eigenvalue weighted by molar-refractivity contribution is 0.298. The summed E-state index contributed by atoms with van der Waals surface area (Å²) in [6.07, 6.45) is 2.74. The third kappa shape index (κ3) is 9.53. The summed E-state index contributed by atoms with van der Waals surface area (Å²) >= 11 is 2.07. The van der Waals surface area contributed by atoms with E-state index in [2.05, 4.69) is 58.6 Å². The van der Waals surface area contributed by atoms with Gasteiger partial charge in [0.2, 0.25) is 0 Å². The van der Waals surface area contributed by atoms with Gasteiger partial charge in [-0.1, -0.05) is 20.8 Å². The lowest BCUT2D eigenvalue weighted by Gasteiger charge is -2.27. The number of hydrogen-bond donors (Lipinski definition) is 1. The first-order chi connectivity index (χ1) is 7.37. The molecule has 0 aromatic heterocycles. The van der Waals surface area contributed by atoms with Crippen molar-refractivity contribution in [1.82, 2.24) is 5.32 Å². The van der Waals surface area contributed by atoms with Gasteiger partial charge in [-0.15, -0.1) is 0 Å². The fourth-order valence-electron chi connectivity index (χ4n) is 1.70. The number of thioether (sulfide) groups is 1. The van der Waals surface area contributed by atoms with Gasteiger partial charge in [-0.3, -0.25) is 0 Å². The van der Waals surface area contributed by atoms with E-state index in [1.54, 1.807) is 0 Å². The fraction of sp³-hybridized carbons (Fsp3) is 1.00. The van der Waals surface area contributed by atoms with Crippen LogP contribution in [0.5, 0.6) is 0 Å². The third-order valence-corrected chi connectivity index (χ3v) is 3.89. The predicted molar refractivity (Wildman–Crippen MR) is 78.3 cm³/mol. The Morgan fingerprint density at radius 1 is 1.19 bits per heavy atom. The highest BCUT2D eigenvalue weighted by atomic mass is 32.2. The molecular formula is C14H31NS. The van der Waals surface area contributed by atoms with E-state index in [-0.39, 0.29) is 5.54 Å². The van der Waals surface area contributed by atoms with Gasteiger partial charge in [0.15, 0.2) is 0 Å². The molecular weight excluding hydrogens is 214 g/mol. The first-order valence-corrected chi connectivity index (χ1v) is 7.85. The van der Waals surface area contributed by atoms with Crippen LogP contribution in [0.2, 0.25) is 0 Å². The second kappa shape index (κ2) is 8.41. The van der Waals surface area contributed by atoms with Gasteiger partial charge in [0.1, 0.15) is 0 Å². The van der Waals surface area contributed by atoms with E-state index >= 15 is 0 Å². The van der Waals surface area contributed by atoms with Crippen LogP contribution in [0.4, 0.5) is 0 Å². The highest BCUT2D eigenvalue weighted by Crippen LogP contribution is 2.19. The van der Waals surface area contributed by atoms with Crippen molar-refractivity contribution in [1.29, 1.82) is 0 Å². The predicted octanol–water partition coefficient (Wildman–Crippen LogP) is 4.18. The summed E-state index contributed by atoms with van der Waals surface area (Å²) in [5.41, 5.74) is 0.255. The van der Waals surface area contributed by atoms with Gasteiger partial charge >= 0.3 is 0 Å². The Morgan fingerprint density at radius 2 is 1.81 bits per heavy atom. The molecule has 98 valence electrons.